The van der Waals surface area contributed by atoms with Crippen molar-refractivity contribution < 1.29 is 9.90 Å². The van der Waals surface area contributed by atoms with Gasteiger partial charge in [-0.1, -0.05) is 19.8 Å². The first-order valence-corrected chi connectivity index (χ1v) is 4.83. The first-order chi connectivity index (χ1) is 5.16. The number of carboxylic acids is 1. The van der Waals surface area contributed by atoms with Crippen LogP contribution in [0.1, 0.15) is 32.6 Å². The largest absolute Gasteiger partial charge is 0.478 e. The Balaban J connectivity index is 3.51. The third kappa shape index (κ3) is 7.84. The van der Waals surface area contributed by atoms with Crippen molar-refractivity contribution in [3.63, 3.8) is 0 Å². The molecule has 0 amide bonds. The van der Waals surface area contributed by atoms with Crippen molar-refractivity contribution in [1.29, 1.82) is 0 Å². The molecule has 0 rings (SSSR count). The summed E-state index contributed by atoms with van der Waals surface area (Å²) in [4.78, 5) is 10.2. The lowest BCUT2D eigenvalue weighted by Crippen LogP contribution is -1.88. The average molecular weight is 268 g/mol. The summed E-state index contributed by atoms with van der Waals surface area (Å²) < 4.78 is 0.934. The molecule has 0 aliphatic rings. The van der Waals surface area contributed by atoms with Crippen LogP contribution < -0.4 is 0 Å². The third-order valence-electron chi connectivity index (χ3n) is 1.30. The molecule has 0 aromatic heterocycles. The van der Waals surface area contributed by atoms with Crippen molar-refractivity contribution in [2.45, 2.75) is 32.6 Å². The minimum Gasteiger partial charge on any atom is -0.478 e. The number of aliphatic carboxylic acids is 1. The summed E-state index contributed by atoms with van der Waals surface area (Å²) in [7, 11) is 0. The summed E-state index contributed by atoms with van der Waals surface area (Å²) in [6.07, 6.45) is 5.63. The molecule has 0 atom stereocenters. The van der Waals surface area contributed by atoms with Crippen LogP contribution in [0, 0.1) is 0 Å². The van der Waals surface area contributed by atoms with Crippen molar-refractivity contribution in [1.82, 2.24) is 0 Å². The van der Waals surface area contributed by atoms with Gasteiger partial charge in [0.25, 0.3) is 0 Å². The van der Waals surface area contributed by atoms with Gasteiger partial charge < -0.3 is 5.11 Å². The van der Waals surface area contributed by atoms with Gasteiger partial charge in [-0.25, -0.2) is 4.79 Å². The number of carboxylic acid groups (broad SMARTS) is 1. The fraction of sp³-hybridized carbons (Fsp3) is 0.625. The molecule has 0 saturated carbocycles. The van der Waals surface area contributed by atoms with Crippen molar-refractivity contribution in [3.8, 4) is 0 Å². The molecule has 1 N–H and O–H groups in total. The fourth-order valence-corrected chi connectivity index (χ4v) is 1.40. The number of halogens is 1. The van der Waals surface area contributed by atoms with Gasteiger partial charge in [0.2, 0.25) is 0 Å². The maximum Gasteiger partial charge on any atom is 0.329 e. The van der Waals surface area contributed by atoms with Crippen LogP contribution in [0.3, 0.4) is 0 Å². The van der Waals surface area contributed by atoms with E-state index in [2.05, 4.69) is 29.5 Å². The summed E-state index contributed by atoms with van der Waals surface area (Å²) in [6.45, 7) is 2.13. The van der Waals surface area contributed by atoms with Crippen LogP contribution in [0.2, 0.25) is 0 Å². The summed E-state index contributed by atoms with van der Waals surface area (Å²) in [6, 6.07) is 0. The van der Waals surface area contributed by atoms with Crippen LogP contribution in [-0.2, 0) is 4.79 Å². The molecule has 0 aliphatic heterocycles. The summed E-state index contributed by atoms with van der Waals surface area (Å²) in [5, 5.41) is 8.36. The Morgan fingerprint density at radius 1 is 1.55 bits per heavy atom. The van der Waals surface area contributed by atoms with Gasteiger partial charge in [-0.15, -0.1) is 0 Å². The zero-order chi connectivity index (χ0) is 8.69. The highest BCUT2D eigenvalue weighted by molar-refractivity contribution is 14.1. The fourth-order valence-electron chi connectivity index (χ4n) is 0.750. The van der Waals surface area contributed by atoms with Crippen LogP contribution in [0.25, 0.3) is 0 Å². The number of carbonyl (C=O) groups is 1. The number of rotatable bonds is 5. The van der Waals surface area contributed by atoms with E-state index in [0.717, 1.165) is 16.4 Å². The molecular formula is C8H13IO2. The lowest BCUT2D eigenvalue weighted by atomic mass is 10.2. The van der Waals surface area contributed by atoms with Crippen LogP contribution in [0.15, 0.2) is 9.66 Å². The van der Waals surface area contributed by atoms with E-state index in [-0.39, 0.29) is 0 Å². The summed E-state index contributed by atoms with van der Waals surface area (Å²) in [5.74, 6) is -0.842. The molecule has 0 heterocycles. The van der Waals surface area contributed by atoms with E-state index >= 15 is 0 Å². The van der Waals surface area contributed by atoms with Gasteiger partial charge in [0, 0.05) is 6.08 Å². The van der Waals surface area contributed by atoms with Gasteiger partial charge in [-0.05, 0) is 39.0 Å². The molecule has 11 heavy (non-hydrogen) atoms. The molecule has 0 aliphatic carbocycles. The molecule has 0 aromatic rings. The van der Waals surface area contributed by atoms with E-state index in [4.69, 9.17) is 5.11 Å². The van der Waals surface area contributed by atoms with Crippen molar-refractivity contribution in [2.24, 2.45) is 0 Å². The number of hydrogen-bond donors (Lipinski definition) is 1. The highest BCUT2D eigenvalue weighted by atomic mass is 127. The Morgan fingerprint density at radius 2 is 2.18 bits per heavy atom. The third-order valence-corrected chi connectivity index (χ3v) is 2.15. The minimum absolute atomic E-state index is 0.842. The molecule has 64 valence electrons. The Kier molecular flexibility index (Phi) is 6.60. The lowest BCUT2D eigenvalue weighted by Gasteiger charge is -1.95. The molecular weight excluding hydrogens is 255 g/mol. The van der Waals surface area contributed by atoms with Gasteiger partial charge in [0.15, 0.2) is 0 Å². The second kappa shape index (κ2) is 6.64. The number of unbranched alkanes of at least 4 members (excludes halogenated alkanes) is 2. The van der Waals surface area contributed by atoms with E-state index < -0.39 is 5.97 Å². The molecule has 0 fully saturated rings. The van der Waals surface area contributed by atoms with Gasteiger partial charge in [-0.3, -0.25) is 0 Å². The van der Waals surface area contributed by atoms with E-state index in [1.165, 1.54) is 18.9 Å². The second-order valence-electron chi connectivity index (χ2n) is 2.39. The second-order valence-corrected chi connectivity index (χ2v) is 3.77. The molecule has 2 nitrogen and oxygen atoms in total. The maximum absolute atomic E-state index is 10.2. The van der Waals surface area contributed by atoms with Gasteiger partial charge in [0.05, 0.1) is 0 Å². The maximum atomic E-state index is 10.2. The molecule has 0 saturated heterocycles. The van der Waals surface area contributed by atoms with E-state index in [1.54, 1.807) is 0 Å². The first-order valence-electron chi connectivity index (χ1n) is 3.75. The molecule has 0 radical (unpaired) electrons. The Labute approximate surface area is 80.8 Å². The smallest absolute Gasteiger partial charge is 0.329 e. The van der Waals surface area contributed by atoms with E-state index in [1.807, 2.05) is 0 Å². The predicted molar refractivity (Wildman–Crippen MR) is 53.9 cm³/mol. The van der Waals surface area contributed by atoms with Crippen molar-refractivity contribution >= 4 is 28.6 Å². The molecule has 0 unspecified atom stereocenters. The standard InChI is InChI=1S/C8H13IO2/c1-2-3-4-5-7(9)6-8(10)11/h6H,2-5H2,1H3,(H,10,11)/b7-6-. The van der Waals surface area contributed by atoms with Crippen LogP contribution in [-0.4, -0.2) is 11.1 Å². The summed E-state index contributed by atoms with van der Waals surface area (Å²) in [5.41, 5.74) is 0. The monoisotopic (exact) mass is 268 g/mol. The van der Waals surface area contributed by atoms with Gasteiger partial charge in [0.1, 0.15) is 0 Å². The molecule has 0 spiro atoms. The lowest BCUT2D eigenvalue weighted by molar-refractivity contribution is -0.131. The Hall–Kier alpha value is -0.0600. The minimum atomic E-state index is -0.842. The van der Waals surface area contributed by atoms with Gasteiger partial charge in [-0.2, -0.15) is 0 Å². The highest BCUT2D eigenvalue weighted by Gasteiger charge is 1.95. The average Bonchev–Trinajstić information content (AvgIpc) is 1.86. The zero-order valence-corrected chi connectivity index (χ0v) is 8.80. The quantitative estimate of drug-likeness (QED) is 0.473. The van der Waals surface area contributed by atoms with Crippen LogP contribution in [0.5, 0.6) is 0 Å². The van der Waals surface area contributed by atoms with Crippen molar-refractivity contribution in [3.05, 3.63) is 9.66 Å². The van der Waals surface area contributed by atoms with Crippen LogP contribution in [0.4, 0.5) is 0 Å². The molecule has 3 heteroatoms. The first kappa shape index (κ1) is 10.9. The predicted octanol–water partition coefficient (Wildman–Crippen LogP) is 2.97. The molecule has 0 bridgehead atoms. The zero-order valence-electron chi connectivity index (χ0n) is 6.64. The summed E-state index contributed by atoms with van der Waals surface area (Å²) >= 11 is 2.08. The SMILES string of the molecule is CCCCC/C(I)=C/C(=O)O. The normalized spacial score (nSPS) is 11.6. The Morgan fingerprint density at radius 3 is 2.64 bits per heavy atom. The van der Waals surface area contributed by atoms with Gasteiger partial charge >= 0.3 is 5.97 Å². The van der Waals surface area contributed by atoms with Crippen molar-refractivity contribution in [2.75, 3.05) is 0 Å². The van der Waals surface area contributed by atoms with E-state index in [0.29, 0.717) is 0 Å². The highest BCUT2D eigenvalue weighted by Crippen LogP contribution is 2.15. The Bertz CT molecular complexity index is 152. The van der Waals surface area contributed by atoms with E-state index in [9.17, 15) is 4.79 Å². The van der Waals surface area contributed by atoms with Crippen LogP contribution >= 0.6 is 22.6 Å². The molecule has 0 aromatic carbocycles. The number of allylic oxidation sites excluding steroid dienone is 1. The topological polar surface area (TPSA) is 37.3 Å². The number of hydrogen-bond acceptors (Lipinski definition) is 1.